The molecule has 2 amide bonds. The molecule has 0 saturated carbocycles. The molecular weight excluding hydrogens is 346 g/mol. The molecule has 5 nitrogen and oxygen atoms in total. The first kappa shape index (κ1) is 16.7. The summed E-state index contributed by atoms with van der Waals surface area (Å²) in [4.78, 5) is 28.9. The van der Waals surface area contributed by atoms with Gasteiger partial charge in [0.2, 0.25) is 11.8 Å². The number of carbonyl (C=O) groups is 2. The van der Waals surface area contributed by atoms with Crippen molar-refractivity contribution in [3.63, 3.8) is 0 Å². The quantitative estimate of drug-likeness (QED) is 0.730. The fraction of sp³-hybridized carbons (Fsp3) is 0.250. The van der Waals surface area contributed by atoms with Crippen molar-refractivity contribution in [2.45, 2.75) is 26.2 Å². The fourth-order valence-corrected chi connectivity index (χ4v) is 4.20. The minimum absolute atomic E-state index is 0.00744. The summed E-state index contributed by atoms with van der Waals surface area (Å²) < 4.78 is 1.06. The van der Waals surface area contributed by atoms with Crippen LogP contribution in [0.15, 0.2) is 42.5 Å². The van der Waals surface area contributed by atoms with Crippen LogP contribution >= 0.6 is 11.3 Å². The van der Waals surface area contributed by atoms with Crippen LogP contribution in [0.25, 0.3) is 10.2 Å². The highest BCUT2D eigenvalue weighted by Crippen LogP contribution is 2.29. The van der Waals surface area contributed by atoms with E-state index in [4.69, 9.17) is 0 Å². The van der Waals surface area contributed by atoms with Crippen molar-refractivity contribution >= 4 is 44.2 Å². The molecule has 1 atom stereocenters. The number of carbonyl (C=O) groups excluding carboxylic acids is 2. The van der Waals surface area contributed by atoms with E-state index in [-0.39, 0.29) is 17.7 Å². The Morgan fingerprint density at radius 3 is 3.04 bits per heavy atom. The highest BCUT2D eigenvalue weighted by molar-refractivity contribution is 7.22. The zero-order valence-electron chi connectivity index (χ0n) is 14.4. The second kappa shape index (κ2) is 6.88. The largest absolute Gasteiger partial charge is 0.326 e. The van der Waals surface area contributed by atoms with Gasteiger partial charge in [0.15, 0.2) is 5.13 Å². The molecule has 0 aliphatic carbocycles. The molecule has 132 valence electrons. The van der Waals surface area contributed by atoms with Crippen molar-refractivity contribution in [1.29, 1.82) is 0 Å². The van der Waals surface area contributed by atoms with Gasteiger partial charge in [0.05, 0.1) is 10.2 Å². The Morgan fingerprint density at radius 2 is 2.15 bits per heavy atom. The predicted molar refractivity (Wildman–Crippen MR) is 104 cm³/mol. The van der Waals surface area contributed by atoms with E-state index in [0.29, 0.717) is 24.4 Å². The third-order valence-electron chi connectivity index (χ3n) is 4.62. The van der Waals surface area contributed by atoms with Gasteiger partial charge in [-0.25, -0.2) is 4.98 Å². The second-order valence-electron chi connectivity index (χ2n) is 6.62. The number of nitrogens with one attached hydrogen (secondary N) is 2. The minimum atomic E-state index is -0.173. The van der Waals surface area contributed by atoms with Gasteiger partial charge in [-0.05, 0) is 49.1 Å². The number of fused-ring (bicyclic) bond motifs is 2. The van der Waals surface area contributed by atoms with Crippen LogP contribution in [0.1, 0.15) is 24.0 Å². The number of aromatic nitrogens is 1. The number of aryl methyl sites for hydroxylation is 1. The van der Waals surface area contributed by atoms with E-state index in [9.17, 15) is 9.59 Å². The maximum Gasteiger partial charge on any atom is 0.227 e. The van der Waals surface area contributed by atoms with Crippen LogP contribution in [-0.4, -0.2) is 16.8 Å². The van der Waals surface area contributed by atoms with Crippen molar-refractivity contribution in [3.8, 4) is 0 Å². The first-order chi connectivity index (χ1) is 12.6. The number of benzene rings is 2. The number of thiazole rings is 1. The standard InChI is InChI=1S/C20H19N3O2S/c1-12-6-8-16-17(10-12)26-20(22-16)23-18(24)9-7-14-11-13-4-2-3-5-15(13)21-19(14)25/h2-6,8,10,14H,7,9,11H2,1H3,(H,21,25)(H,22,23,24). The minimum Gasteiger partial charge on any atom is -0.326 e. The van der Waals surface area contributed by atoms with Crippen LogP contribution < -0.4 is 10.6 Å². The van der Waals surface area contributed by atoms with E-state index in [1.165, 1.54) is 16.9 Å². The molecule has 1 unspecified atom stereocenters. The third-order valence-corrected chi connectivity index (χ3v) is 5.56. The number of nitrogens with zero attached hydrogens (tertiary/aromatic N) is 1. The van der Waals surface area contributed by atoms with Gasteiger partial charge in [-0.1, -0.05) is 35.6 Å². The first-order valence-corrected chi connectivity index (χ1v) is 9.46. The molecule has 0 radical (unpaired) electrons. The van der Waals surface area contributed by atoms with Gasteiger partial charge >= 0.3 is 0 Å². The Hall–Kier alpha value is -2.73. The molecule has 1 aliphatic rings. The molecule has 6 heteroatoms. The van der Waals surface area contributed by atoms with E-state index >= 15 is 0 Å². The highest BCUT2D eigenvalue weighted by atomic mass is 32.1. The van der Waals surface area contributed by atoms with Crippen molar-refractivity contribution in [3.05, 3.63) is 53.6 Å². The van der Waals surface area contributed by atoms with Gasteiger partial charge in [0.25, 0.3) is 0 Å². The Kier molecular flexibility index (Phi) is 4.42. The van der Waals surface area contributed by atoms with Crippen LogP contribution in [0, 0.1) is 12.8 Å². The van der Waals surface area contributed by atoms with Crippen LogP contribution in [0.2, 0.25) is 0 Å². The first-order valence-electron chi connectivity index (χ1n) is 8.64. The summed E-state index contributed by atoms with van der Waals surface area (Å²) in [6, 6.07) is 13.8. The Balaban J connectivity index is 1.37. The molecule has 2 aromatic carbocycles. The second-order valence-corrected chi connectivity index (χ2v) is 7.66. The predicted octanol–water partition coefficient (Wildman–Crippen LogP) is 4.13. The lowest BCUT2D eigenvalue weighted by molar-refractivity contribution is -0.121. The molecule has 1 aliphatic heterocycles. The highest BCUT2D eigenvalue weighted by Gasteiger charge is 2.26. The van der Waals surface area contributed by atoms with Gasteiger partial charge in [-0.15, -0.1) is 0 Å². The number of amides is 2. The van der Waals surface area contributed by atoms with Gasteiger partial charge in [-0.2, -0.15) is 0 Å². The number of hydrogen-bond acceptors (Lipinski definition) is 4. The molecule has 1 aromatic heterocycles. The lowest BCUT2D eigenvalue weighted by Crippen LogP contribution is -2.30. The third kappa shape index (κ3) is 3.46. The van der Waals surface area contributed by atoms with Gasteiger partial charge < -0.3 is 10.6 Å². The van der Waals surface area contributed by atoms with Crippen LogP contribution in [0.3, 0.4) is 0 Å². The summed E-state index contributed by atoms with van der Waals surface area (Å²) in [5.41, 5.74) is 4.06. The lowest BCUT2D eigenvalue weighted by Gasteiger charge is -2.24. The van der Waals surface area contributed by atoms with Crippen molar-refractivity contribution in [2.75, 3.05) is 10.6 Å². The summed E-state index contributed by atoms with van der Waals surface area (Å²) in [6.45, 7) is 2.03. The molecule has 0 fully saturated rings. The van der Waals surface area contributed by atoms with Crippen LogP contribution in [0.4, 0.5) is 10.8 Å². The normalized spacial score (nSPS) is 16.2. The van der Waals surface area contributed by atoms with E-state index in [1.54, 1.807) is 0 Å². The molecule has 0 spiro atoms. The van der Waals surface area contributed by atoms with E-state index in [1.807, 2.05) is 43.3 Å². The van der Waals surface area contributed by atoms with E-state index in [0.717, 1.165) is 21.5 Å². The van der Waals surface area contributed by atoms with Crippen molar-refractivity contribution < 1.29 is 9.59 Å². The summed E-state index contributed by atoms with van der Waals surface area (Å²) in [7, 11) is 0. The Morgan fingerprint density at radius 1 is 1.31 bits per heavy atom. The number of hydrogen-bond donors (Lipinski definition) is 2. The Bertz CT molecular complexity index is 996. The lowest BCUT2D eigenvalue weighted by atomic mass is 9.89. The zero-order chi connectivity index (χ0) is 18.1. The monoisotopic (exact) mass is 365 g/mol. The summed E-state index contributed by atoms with van der Waals surface area (Å²) >= 11 is 1.47. The van der Waals surface area contributed by atoms with Gasteiger partial charge in [0, 0.05) is 18.0 Å². The molecule has 26 heavy (non-hydrogen) atoms. The SMILES string of the molecule is Cc1ccc2nc(NC(=O)CCC3Cc4ccccc4NC3=O)sc2c1. The fourth-order valence-electron chi connectivity index (χ4n) is 3.22. The van der Waals surface area contributed by atoms with Crippen molar-refractivity contribution in [2.24, 2.45) is 5.92 Å². The van der Waals surface area contributed by atoms with Crippen LogP contribution in [-0.2, 0) is 16.0 Å². The number of rotatable bonds is 4. The zero-order valence-corrected chi connectivity index (χ0v) is 15.2. The number of anilines is 2. The van der Waals surface area contributed by atoms with Crippen LogP contribution in [0.5, 0.6) is 0 Å². The average molecular weight is 365 g/mol. The van der Waals surface area contributed by atoms with Gasteiger partial charge in [-0.3, -0.25) is 9.59 Å². The molecule has 2 heterocycles. The maximum atomic E-state index is 12.3. The Labute approximate surface area is 155 Å². The molecule has 3 aromatic rings. The average Bonchev–Trinajstić information content (AvgIpc) is 3.01. The summed E-state index contributed by atoms with van der Waals surface area (Å²) in [5.74, 6) is -0.284. The molecule has 2 N–H and O–H groups in total. The van der Waals surface area contributed by atoms with Crippen molar-refractivity contribution in [1.82, 2.24) is 4.98 Å². The summed E-state index contributed by atoms with van der Waals surface area (Å²) in [5, 5.41) is 6.39. The van der Waals surface area contributed by atoms with E-state index in [2.05, 4.69) is 21.7 Å². The molecule has 4 rings (SSSR count). The molecule has 0 bridgehead atoms. The van der Waals surface area contributed by atoms with E-state index < -0.39 is 0 Å². The number of para-hydroxylation sites is 1. The maximum absolute atomic E-state index is 12.3. The summed E-state index contributed by atoms with van der Waals surface area (Å²) in [6.07, 6.45) is 1.50. The van der Waals surface area contributed by atoms with Gasteiger partial charge in [0.1, 0.15) is 0 Å². The topological polar surface area (TPSA) is 71.1 Å². The smallest absolute Gasteiger partial charge is 0.227 e. The molecule has 0 saturated heterocycles. The molecular formula is C20H19N3O2S.